The third-order valence-electron chi connectivity index (χ3n) is 6.45. The Kier molecular flexibility index (Phi) is 8.16. The summed E-state index contributed by atoms with van der Waals surface area (Å²) in [5, 5.41) is 25.9. The number of halogens is 3. The van der Waals surface area contributed by atoms with Gasteiger partial charge in [-0.3, -0.25) is 4.79 Å². The Bertz CT molecular complexity index is 1410. The number of nitrogens with one attached hydrogen (secondary N) is 2. The number of carbonyl (C=O) groups excluding carboxylic acids is 1. The highest BCUT2D eigenvalue weighted by Crippen LogP contribution is 2.30. The maximum Gasteiger partial charge on any atom is 0.416 e. The van der Waals surface area contributed by atoms with Crippen molar-refractivity contribution in [3.8, 4) is 11.5 Å². The zero-order valence-electron chi connectivity index (χ0n) is 20.5. The highest BCUT2D eigenvalue weighted by atomic mass is 32.2. The number of aromatic hydroxyl groups is 2. The Balaban J connectivity index is 1.65. The maximum atomic E-state index is 13.8. The topological polar surface area (TPSA) is 145 Å². The number of amides is 1. The van der Waals surface area contributed by atoms with Crippen LogP contribution >= 0.6 is 0 Å². The van der Waals surface area contributed by atoms with Crippen molar-refractivity contribution in [2.24, 2.45) is 5.73 Å². The van der Waals surface area contributed by atoms with Gasteiger partial charge in [0.15, 0.2) is 0 Å². The molecule has 0 aromatic heterocycles. The van der Waals surface area contributed by atoms with Gasteiger partial charge in [0.2, 0.25) is 15.9 Å². The van der Waals surface area contributed by atoms with Crippen molar-refractivity contribution in [2.45, 2.75) is 36.2 Å². The lowest BCUT2D eigenvalue weighted by Crippen LogP contribution is -2.51. The van der Waals surface area contributed by atoms with Crippen molar-refractivity contribution in [2.75, 3.05) is 13.1 Å². The molecule has 2 atom stereocenters. The maximum absolute atomic E-state index is 13.8. The van der Waals surface area contributed by atoms with E-state index in [9.17, 15) is 36.6 Å². The molecule has 0 unspecified atom stereocenters. The summed E-state index contributed by atoms with van der Waals surface area (Å²) in [4.78, 5) is 11.3. The molecule has 13 heteroatoms. The largest absolute Gasteiger partial charge is 0.508 e. The van der Waals surface area contributed by atoms with Gasteiger partial charge in [-0.2, -0.15) is 17.5 Å². The van der Waals surface area contributed by atoms with Crippen LogP contribution in [0.3, 0.4) is 0 Å². The van der Waals surface area contributed by atoms with Crippen LogP contribution in [0, 0.1) is 0 Å². The molecule has 4 rings (SSSR count). The number of hydrogen-bond donors (Lipinski definition) is 5. The van der Waals surface area contributed by atoms with E-state index in [2.05, 4.69) is 10.6 Å². The first-order chi connectivity index (χ1) is 18.3. The van der Waals surface area contributed by atoms with Crippen molar-refractivity contribution < 1.29 is 36.6 Å². The Hall–Kier alpha value is -3.65. The molecule has 1 saturated heterocycles. The summed E-state index contributed by atoms with van der Waals surface area (Å²) in [7, 11) is -4.19. The average Bonchev–Trinajstić information content (AvgIpc) is 3.33. The van der Waals surface area contributed by atoms with Crippen LogP contribution in [0.5, 0.6) is 11.5 Å². The van der Waals surface area contributed by atoms with Crippen LogP contribution in [-0.2, 0) is 29.3 Å². The molecular weight excluding hydrogens is 537 g/mol. The molecule has 3 aromatic rings. The zero-order valence-corrected chi connectivity index (χ0v) is 21.3. The highest BCUT2D eigenvalue weighted by Gasteiger charge is 2.39. The second-order valence-corrected chi connectivity index (χ2v) is 11.1. The van der Waals surface area contributed by atoms with Crippen LogP contribution in [0.25, 0.3) is 0 Å². The van der Waals surface area contributed by atoms with Crippen molar-refractivity contribution in [1.82, 2.24) is 14.9 Å². The molecular formula is C26H27F3N4O5S. The van der Waals surface area contributed by atoms with Crippen molar-refractivity contribution in [1.29, 1.82) is 0 Å². The van der Waals surface area contributed by atoms with Crippen molar-refractivity contribution in [3.05, 3.63) is 89.0 Å². The fraction of sp³-hybridized carbons (Fsp3) is 0.269. The van der Waals surface area contributed by atoms with E-state index in [-0.39, 0.29) is 41.6 Å². The lowest BCUT2D eigenvalue weighted by atomic mass is 10.1. The van der Waals surface area contributed by atoms with Crippen LogP contribution in [0.4, 0.5) is 13.2 Å². The number of rotatable bonds is 9. The number of hydrogen-bond acceptors (Lipinski definition) is 7. The van der Waals surface area contributed by atoms with Crippen LogP contribution in [0.1, 0.15) is 27.0 Å². The number of nitrogens with zero attached hydrogens (tertiary/aromatic N) is 1. The second-order valence-electron chi connectivity index (χ2n) is 9.20. The van der Waals surface area contributed by atoms with E-state index >= 15 is 0 Å². The summed E-state index contributed by atoms with van der Waals surface area (Å²) < 4.78 is 68.1. The van der Waals surface area contributed by atoms with E-state index in [0.717, 1.165) is 12.1 Å². The average molecular weight is 565 g/mol. The molecule has 1 aliphatic heterocycles. The standard InChI is InChI=1S/C26H27F3N4O5S/c27-26(28,29)19-5-1-16(2-6-19)15-33(39(37,38)22-7-3-18(4-8-22)25(30)36)24-14-31-13-23(24)32-12-17-9-20(34)11-21(35)10-17/h1-11,23-24,31-32,34-35H,12-15H2,(H2,30,36)/t23-,24-/m0/s1. The van der Waals surface area contributed by atoms with Gasteiger partial charge < -0.3 is 26.6 Å². The van der Waals surface area contributed by atoms with Crippen LogP contribution in [-0.4, -0.2) is 54.0 Å². The van der Waals surface area contributed by atoms with E-state index in [1.165, 1.54) is 58.9 Å². The number of primary amides is 1. The first-order valence-electron chi connectivity index (χ1n) is 11.9. The van der Waals surface area contributed by atoms with Gasteiger partial charge in [0.1, 0.15) is 11.5 Å². The molecule has 1 amide bonds. The number of phenols is 2. The van der Waals surface area contributed by atoms with E-state index < -0.39 is 39.8 Å². The van der Waals surface area contributed by atoms with Gasteiger partial charge in [0.05, 0.1) is 16.5 Å². The van der Waals surface area contributed by atoms with Crippen LogP contribution in [0.15, 0.2) is 71.6 Å². The first-order valence-corrected chi connectivity index (χ1v) is 13.3. The van der Waals surface area contributed by atoms with Crippen molar-refractivity contribution >= 4 is 15.9 Å². The summed E-state index contributed by atoms with van der Waals surface area (Å²) in [6, 6.07) is 12.4. The summed E-state index contributed by atoms with van der Waals surface area (Å²) in [5.41, 5.74) is 5.46. The highest BCUT2D eigenvalue weighted by molar-refractivity contribution is 7.89. The van der Waals surface area contributed by atoms with Gasteiger partial charge in [-0.15, -0.1) is 0 Å². The second kappa shape index (κ2) is 11.2. The predicted molar refractivity (Wildman–Crippen MR) is 136 cm³/mol. The third-order valence-corrected chi connectivity index (χ3v) is 8.33. The zero-order chi connectivity index (χ0) is 28.4. The molecule has 0 aliphatic carbocycles. The number of sulfonamides is 1. The molecule has 208 valence electrons. The number of alkyl halides is 3. The molecule has 1 aliphatic rings. The summed E-state index contributed by atoms with van der Waals surface area (Å²) in [6.45, 7) is 0.624. The molecule has 0 bridgehead atoms. The molecule has 3 aromatic carbocycles. The molecule has 1 fully saturated rings. The Morgan fingerprint density at radius 1 is 0.974 bits per heavy atom. The first kappa shape index (κ1) is 28.4. The molecule has 9 nitrogen and oxygen atoms in total. The summed E-state index contributed by atoms with van der Waals surface area (Å²) in [6.07, 6.45) is -4.53. The van der Waals surface area contributed by atoms with E-state index in [0.29, 0.717) is 17.7 Å². The van der Waals surface area contributed by atoms with Crippen molar-refractivity contribution in [3.63, 3.8) is 0 Å². The number of carbonyl (C=O) groups is 1. The fourth-order valence-corrected chi connectivity index (χ4v) is 6.12. The Morgan fingerprint density at radius 3 is 2.15 bits per heavy atom. The van der Waals surface area contributed by atoms with Gasteiger partial charge in [0.25, 0.3) is 0 Å². The summed E-state index contributed by atoms with van der Waals surface area (Å²) in [5.74, 6) is -0.972. The van der Waals surface area contributed by atoms with Gasteiger partial charge in [0, 0.05) is 43.9 Å². The number of benzene rings is 3. The predicted octanol–water partition coefficient (Wildman–Crippen LogP) is 2.54. The molecule has 1 heterocycles. The summed E-state index contributed by atoms with van der Waals surface area (Å²) >= 11 is 0. The molecule has 39 heavy (non-hydrogen) atoms. The van der Waals surface area contributed by atoms with Gasteiger partial charge in [-0.05, 0) is 59.7 Å². The normalized spacial score (nSPS) is 17.9. The molecule has 0 spiro atoms. The third kappa shape index (κ3) is 6.68. The Labute approximate surface area is 223 Å². The van der Waals surface area contributed by atoms with E-state index in [4.69, 9.17) is 5.73 Å². The number of nitrogens with two attached hydrogens (primary N) is 1. The quantitative estimate of drug-likeness (QED) is 0.269. The number of phenolic OH excluding ortho intramolecular Hbond substituents is 2. The van der Waals surface area contributed by atoms with E-state index in [1.54, 1.807) is 0 Å². The minimum absolute atomic E-state index is 0.108. The van der Waals surface area contributed by atoms with Crippen LogP contribution in [0.2, 0.25) is 0 Å². The fourth-order valence-electron chi connectivity index (χ4n) is 4.47. The lowest BCUT2D eigenvalue weighted by molar-refractivity contribution is -0.137. The molecule has 6 N–H and O–H groups in total. The Morgan fingerprint density at radius 2 is 1.59 bits per heavy atom. The van der Waals surface area contributed by atoms with Gasteiger partial charge in [-0.1, -0.05) is 12.1 Å². The minimum Gasteiger partial charge on any atom is -0.508 e. The smallest absolute Gasteiger partial charge is 0.416 e. The van der Waals surface area contributed by atoms with Crippen LogP contribution < -0.4 is 16.4 Å². The van der Waals surface area contributed by atoms with E-state index in [1.807, 2.05) is 0 Å². The monoisotopic (exact) mass is 564 g/mol. The SMILES string of the molecule is NC(=O)c1ccc(S(=O)(=O)N(Cc2ccc(C(F)(F)F)cc2)[C@H]2CNC[C@@H]2NCc2cc(O)cc(O)c2)cc1. The van der Waals surface area contributed by atoms with Gasteiger partial charge in [-0.25, -0.2) is 8.42 Å². The van der Waals surface area contributed by atoms with Gasteiger partial charge >= 0.3 is 6.18 Å². The molecule has 0 saturated carbocycles. The lowest BCUT2D eigenvalue weighted by Gasteiger charge is -2.32. The molecule has 0 radical (unpaired) electrons. The minimum atomic E-state index is -4.53.